The molecule has 0 aromatic heterocycles. The molecule has 0 atom stereocenters. The predicted octanol–water partition coefficient (Wildman–Crippen LogP) is 2.88. The quantitative estimate of drug-likeness (QED) is 0.684. The van der Waals surface area contributed by atoms with Gasteiger partial charge in [0.05, 0.1) is 12.2 Å². The van der Waals surface area contributed by atoms with Crippen molar-refractivity contribution in [3.8, 4) is 5.75 Å². The summed E-state index contributed by atoms with van der Waals surface area (Å²) in [5.41, 5.74) is 6.34. The van der Waals surface area contributed by atoms with E-state index in [1.165, 1.54) is 0 Å². The maximum absolute atomic E-state index is 5.84. The van der Waals surface area contributed by atoms with E-state index >= 15 is 0 Å². The van der Waals surface area contributed by atoms with Gasteiger partial charge in [-0.3, -0.25) is 4.90 Å². The fourth-order valence-electron chi connectivity index (χ4n) is 1.89. The van der Waals surface area contributed by atoms with Crippen LogP contribution in [0.5, 0.6) is 5.75 Å². The molecule has 0 saturated carbocycles. The van der Waals surface area contributed by atoms with Gasteiger partial charge in [0.15, 0.2) is 0 Å². The zero-order chi connectivity index (χ0) is 13.8. The van der Waals surface area contributed by atoms with E-state index < -0.39 is 0 Å². The summed E-state index contributed by atoms with van der Waals surface area (Å²) in [5.74, 6) is 1.40. The Balaban J connectivity index is 2.01. The fraction of sp³-hybridized carbons (Fsp3) is 0.429. The first kappa shape index (κ1) is 14.0. The third kappa shape index (κ3) is 3.78. The van der Waals surface area contributed by atoms with Crippen LogP contribution in [0.4, 0.5) is 5.69 Å². The van der Waals surface area contributed by atoms with E-state index in [0.717, 1.165) is 18.8 Å². The van der Waals surface area contributed by atoms with Crippen LogP contribution in [0.2, 0.25) is 5.02 Å². The fourth-order valence-corrected chi connectivity index (χ4v) is 2.07. The van der Waals surface area contributed by atoms with Gasteiger partial charge in [0.1, 0.15) is 24.4 Å². The van der Waals surface area contributed by atoms with Crippen LogP contribution >= 0.6 is 11.6 Å². The van der Waals surface area contributed by atoms with Gasteiger partial charge in [-0.2, -0.15) is 0 Å². The predicted molar refractivity (Wildman–Crippen MR) is 77.2 cm³/mol. The van der Waals surface area contributed by atoms with E-state index in [-0.39, 0.29) is 0 Å². The molecule has 1 heterocycles. The molecule has 0 amide bonds. The van der Waals surface area contributed by atoms with E-state index in [2.05, 4.69) is 18.7 Å². The van der Waals surface area contributed by atoms with E-state index in [1.54, 1.807) is 24.5 Å². The molecule has 1 aliphatic rings. The number of anilines is 1. The van der Waals surface area contributed by atoms with Crippen molar-refractivity contribution in [2.45, 2.75) is 19.9 Å². The summed E-state index contributed by atoms with van der Waals surface area (Å²) in [4.78, 5) is 2.32. The molecule has 1 aromatic rings. The Hall–Kier alpha value is -1.39. The summed E-state index contributed by atoms with van der Waals surface area (Å²) >= 11 is 5.84. The Bertz CT molecular complexity index is 475. The molecule has 2 N–H and O–H groups in total. The second-order valence-electron chi connectivity index (χ2n) is 4.80. The standard InChI is InChI=1S/C14H19ClN2O2/c1-10(2)17-5-6-18-12(8-17)9-19-14-4-3-11(15)7-13(14)16/h3-4,7,9-10H,5-6,8,16H2,1-2H3. The molecule has 0 bridgehead atoms. The molecule has 2 rings (SSSR count). The van der Waals surface area contributed by atoms with Gasteiger partial charge in [-0.1, -0.05) is 11.6 Å². The van der Waals surface area contributed by atoms with Crippen molar-refractivity contribution in [3.63, 3.8) is 0 Å². The highest BCUT2D eigenvalue weighted by Crippen LogP contribution is 2.25. The summed E-state index contributed by atoms with van der Waals surface area (Å²) in [7, 11) is 0. The molecule has 104 valence electrons. The zero-order valence-corrected chi connectivity index (χ0v) is 12.0. The highest BCUT2D eigenvalue weighted by atomic mass is 35.5. The minimum atomic E-state index is 0.493. The lowest BCUT2D eigenvalue weighted by molar-refractivity contribution is 0.0710. The van der Waals surface area contributed by atoms with Crippen molar-refractivity contribution in [2.24, 2.45) is 0 Å². The first-order chi connectivity index (χ1) is 9.06. The lowest BCUT2D eigenvalue weighted by Gasteiger charge is -2.31. The first-order valence-electron chi connectivity index (χ1n) is 6.34. The summed E-state index contributed by atoms with van der Waals surface area (Å²) < 4.78 is 11.1. The molecule has 0 aliphatic carbocycles. The van der Waals surface area contributed by atoms with E-state index in [1.807, 2.05) is 0 Å². The van der Waals surface area contributed by atoms with E-state index in [9.17, 15) is 0 Å². The van der Waals surface area contributed by atoms with Crippen LogP contribution in [-0.4, -0.2) is 30.6 Å². The molecule has 1 saturated heterocycles. The molecule has 0 unspecified atom stereocenters. The normalized spacial score (nSPS) is 18.6. The minimum Gasteiger partial charge on any atom is -0.492 e. The van der Waals surface area contributed by atoms with Gasteiger partial charge in [-0.15, -0.1) is 0 Å². The van der Waals surface area contributed by atoms with Gasteiger partial charge in [-0.25, -0.2) is 0 Å². The van der Waals surface area contributed by atoms with Crippen molar-refractivity contribution in [1.29, 1.82) is 0 Å². The van der Waals surface area contributed by atoms with Crippen LogP contribution < -0.4 is 10.5 Å². The molecule has 19 heavy (non-hydrogen) atoms. The number of ether oxygens (including phenoxy) is 2. The molecular weight excluding hydrogens is 264 g/mol. The molecule has 0 spiro atoms. The van der Waals surface area contributed by atoms with Crippen LogP contribution in [0.25, 0.3) is 0 Å². The second-order valence-corrected chi connectivity index (χ2v) is 5.23. The highest BCUT2D eigenvalue weighted by molar-refractivity contribution is 6.30. The Labute approximate surface area is 118 Å². The first-order valence-corrected chi connectivity index (χ1v) is 6.71. The van der Waals surface area contributed by atoms with Crippen molar-refractivity contribution >= 4 is 17.3 Å². The van der Waals surface area contributed by atoms with Crippen LogP contribution in [0.3, 0.4) is 0 Å². The molecule has 0 radical (unpaired) electrons. The maximum atomic E-state index is 5.84. The molecule has 1 fully saturated rings. The number of morpholine rings is 1. The van der Waals surface area contributed by atoms with Gasteiger partial charge >= 0.3 is 0 Å². The SMILES string of the molecule is CC(C)N1CCOC(=COc2ccc(Cl)cc2N)C1. The van der Waals surface area contributed by atoms with Crippen LogP contribution in [0.15, 0.2) is 30.2 Å². The van der Waals surface area contributed by atoms with Gasteiger partial charge in [0.2, 0.25) is 0 Å². The van der Waals surface area contributed by atoms with E-state index in [0.29, 0.717) is 29.1 Å². The Morgan fingerprint density at radius 2 is 2.26 bits per heavy atom. The number of nitrogens with two attached hydrogens (primary N) is 1. The van der Waals surface area contributed by atoms with Gasteiger partial charge in [-0.05, 0) is 32.0 Å². The number of rotatable bonds is 3. The number of nitrogens with zero attached hydrogens (tertiary/aromatic N) is 1. The number of halogens is 1. The monoisotopic (exact) mass is 282 g/mol. The average molecular weight is 283 g/mol. The number of benzene rings is 1. The smallest absolute Gasteiger partial charge is 0.149 e. The van der Waals surface area contributed by atoms with E-state index in [4.69, 9.17) is 26.8 Å². The molecule has 1 aromatic carbocycles. The second kappa shape index (κ2) is 6.17. The topological polar surface area (TPSA) is 47.7 Å². The molecule has 5 heteroatoms. The largest absolute Gasteiger partial charge is 0.492 e. The van der Waals surface area contributed by atoms with Gasteiger partial charge in [0.25, 0.3) is 0 Å². The zero-order valence-electron chi connectivity index (χ0n) is 11.2. The van der Waals surface area contributed by atoms with Crippen molar-refractivity contribution in [1.82, 2.24) is 4.90 Å². The van der Waals surface area contributed by atoms with Crippen molar-refractivity contribution in [2.75, 3.05) is 25.4 Å². The molecule has 1 aliphatic heterocycles. The van der Waals surface area contributed by atoms with Crippen molar-refractivity contribution < 1.29 is 9.47 Å². The van der Waals surface area contributed by atoms with Crippen LogP contribution in [0, 0.1) is 0 Å². The molecule has 4 nitrogen and oxygen atoms in total. The lowest BCUT2D eigenvalue weighted by atomic mass is 10.3. The molecular formula is C14H19ClN2O2. The Kier molecular flexibility index (Phi) is 4.56. The summed E-state index contributed by atoms with van der Waals surface area (Å²) in [6, 6.07) is 5.65. The third-order valence-electron chi connectivity index (χ3n) is 3.04. The maximum Gasteiger partial charge on any atom is 0.149 e. The number of nitrogen functional groups attached to an aromatic ring is 1. The summed E-state index contributed by atoms with van der Waals surface area (Å²) in [6.07, 6.45) is 1.62. The van der Waals surface area contributed by atoms with Crippen molar-refractivity contribution in [3.05, 3.63) is 35.2 Å². The van der Waals surface area contributed by atoms with Gasteiger partial charge < -0.3 is 15.2 Å². The Morgan fingerprint density at radius 1 is 1.47 bits per heavy atom. The summed E-state index contributed by atoms with van der Waals surface area (Å²) in [6.45, 7) is 6.72. The van der Waals surface area contributed by atoms with Crippen LogP contribution in [-0.2, 0) is 4.74 Å². The van der Waals surface area contributed by atoms with Crippen LogP contribution in [0.1, 0.15) is 13.8 Å². The van der Waals surface area contributed by atoms with Gasteiger partial charge in [0, 0.05) is 17.6 Å². The third-order valence-corrected chi connectivity index (χ3v) is 3.28. The highest BCUT2D eigenvalue weighted by Gasteiger charge is 2.18. The number of hydrogen-bond acceptors (Lipinski definition) is 4. The summed E-state index contributed by atoms with van der Waals surface area (Å²) in [5, 5.41) is 0.595. The lowest BCUT2D eigenvalue weighted by Crippen LogP contribution is -2.39. The Morgan fingerprint density at radius 3 is 2.95 bits per heavy atom. The minimum absolute atomic E-state index is 0.493. The number of hydrogen-bond donors (Lipinski definition) is 1. The average Bonchev–Trinajstić information content (AvgIpc) is 2.38.